The van der Waals surface area contributed by atoms with E-state index in [2.05, 4.69) is 15.0 Å². The summed E-state index contributed by atoms with van der Waals surface area (Å²) >= 11 is 0. The van der Waals surface area contributed by atoms with Crippen LogP contribution < -0.4 is 14.6 Å². The number of H-pyrrole nitrogens is 1. The molecular formula is C18H23FN4O4S. The fourth-order valence-electron chi connectivity index (χ4n) is 3.37. The number of fused-ring (bicyclic) bond motifs is 1. The molecule has 2 N–H and O–H groups in total. The Morgan fingerprint density at radius 1 is 1.43 bits per heavy atom. The van der Waals surface area contributed by atoms with Crippen molar-refractivity contribution in [3.8, 4) is 5.75 Å². The van der Waals surface area contributed by atoms with Gasteiger partial charge in [0.15, 0.2) is 0 Å². The van der Waals surface area contributed by atoms with Crippen LogP contribution in [0.25, 0.3) is 0 Å². The molecule has 1 amide bonds. The Labute approximate surface area is 163 Å². The molecule has 0 spiro atoms. The van der Waals surface area contributed by atoms with Gasteiger partial charge >= 0.3 is 0 Å². The van der Waals surface area contributed by atoms with Crippen molar-refractivity contribution in [2.75, 3.05) is 10.8 Å². The number of amides is 1. The second-order valence-corrected chi connectivity index (χ2v) is 9.26. The van der Waals surface area contributed by atoms with Gasteiger partial charge in [-0.3, -0.25) is 9.89 Å². The fraction of sp³-hybridized carbons (Fsp3) is 0.444. The highest BCUT2D eigenvalue weighted by Crippen LogP contribution is 2.42. The molecule has 1 aliphatic heterocycles. The van der Waals surface area contributed by atoms with Gasteiger partial charge in [0.2, 0.25) is 15.9 Å². The maximum Gasteiger partial charge on any atom is 0.240 e. The smallest absolute Gasteiger partial charge is 0.240 e. The van der Waals surface area contributed by atoms with E-state index in [0.29, 0.717) is 17.7 Å². The Morgan fingerprint density at radius 2 is 2.18 bits per heavy atom. The first kappa shape index (κ1) is 20.3. The summed E-state index contributed by atoms with van der Waals surface area (Å²) in [5.41, 5.74) is 0.167. The molecule has 0 bridgehead atoms. The number of halogens is 1. The van der Waals surface area contributed by atoms with Gasteiger partial charge < -0.3 is 4.74 Å². The average Bonchev–Trinajstić information content (AvgIpc) is 3.12. The minimum Gasteiger partial charge on any atom is -0.488 e. The van der Waals surface area contributed by atoms with Gasteiger partial charge in [-0.05, 0) is 50.8 Å². The summed E-state index contributed by atoms with van der Waals surface area (Å²) < 4.78 is 44.8. The number of carbonyl (C=O) groups excluding carboxylic acids is 1. The molecule has 8 nitrogen and oxygen atoms in total. The minimum atomic E-state index is -3.83. The van der Waals surface area contributed by atoms with Gasteiger partial charge in [-0.25, -0.2) is 17.8 Å². The second kappa shape index (κ2) is 7.51. The largest absolute Gasteiger partial charge is 0.488 e. The van der Waals surface area contributed by atoms with Gasteiger partial charge in [0, 0.05) is 18.6 Å². The summed E-state index contributed by atoms with van der Waals surface area (Å²) in [6, 6.07) is 5.76. The highest BCUT2D eigenvalue weighted by atomic mass is 32.2. The first-order chi connectivity index (χ1) is 13.1. The summed E-state index contributed by atoms with van der Waals surface area (Å²) in [6.45, 7) is 5.06. The number of anilines is 1. The zero-order valence-electron chi connectivity index (χ0n) is 15.9. The first-order valence-electron chi connectivity index (χ1n) is 8.85. The molecule has 1 aromatic carbocycles. The van der Waals surface area contributed by atoms with Gasteiger partial charge in [-0.2, -0.15) is 5.10 Å². The molecule has 0 fully saturated rings. The number of aromatic amines is 1. The molecule has 10 heteroatoms. The van der Waals surface area contributed by atoms with E-state index in [1.165, 1.54) is 31.3 Å². The average molecular weight is 410 g/mol. The molecule has 3 rings (SSSR count). The first-order valence-corrected chi connectivity index (χ1v) is 10.5. The van der Waals surface area contributed by atoms with Crippen LogP contribution in [0.1, 0.15) is 45.1 Å². The number of benzene rings is 1. The second-order valence-electron chi connectivity index (χ2n) is 7.44. The Balaban J connectivity index is 1.75. The Hall–Kier alpha value is -2.46. The van der Waals surface area contributed by atoms with Crippen molar-refractivity contribution >= 4 is 21.7 Å². The van der Waals surface area contributed by atoms with Crippen molar-refractivity contribution in [1.29, 1.82) is 0 Å². The van der Waals surface area contributed by atoms with Gasteiger partial charge in [-0.1, -0.05) is 0 Å². The highest BCUT2D eigenvalue weighted by molar-refractivity contribution is 7.89. The molecule has 152 valence electrons. The van der Waals surface area contributed by atoms with E-state index in [4.69, 9.17) is 4.74 Å². The van der Waals surface area contributed by atoms with Gasteiger partial charge in [0.05, 0.1) is 11.9 Å². The molecule has 0 saturated heterocycles. The number of hydrazine groups is 1. The zero-order chi connectivity index (χ0) is 20.5. The highest BCUT2D eigenvalue weighted by Gasteiger charge is 2.35. The van der Waals surface area contributed by atoms with Gasteiger partial charge in [0.25, 0.3) is 0 Å². The molecule has 2 aromatic rings. The molecule has 0 saturated carbocycles. The molecule has 0 radical (unpaired) electrons. The van der Waals surface area contributed by atoms with Crippen LogP contribution in [0.15, 0.2) is 30.5 Å². The minimum absolute atomic E-state index is 0.191. The van der Waals surface area contributed by atoms with Crippen LogP contribution in [0.3, 0.4) is 0 Å². The summed E-state index contributed by atoms with van der Waals surface area (Å²) in [4.78, 5) is 14.1. The number of sulfonamides is 1. The quantitative estimate of drug-likeness (QED) is 0.712. The van der Waals surface area contributed by atoms with E-state index in [9.17, 15) is 17.6 Å². The van der Waals surface area contributed by atoms with Crippen molar-refractivity contribution in [3.63, 3.8) is 0 Å². The summed E-state index contributed by atoms with van der Waals surface area (Å²) in [7, 11) is -3.83. The number of hydrogen-bond donors (Lipinski definition) is 2. The van der Waals surface area contributed by atoms with Crippen molar-refractivity contribution in [3.05, 3.63) is 41.8 Å². The van der Waals surface area contributed by atoms with E-state index in [-0.39, 0.29) is 23.9 Å². The zero-order valence-corrected chi connectivity index (χ0v) is 16.7. The molecule has 1 aromatic heterocycles. The molecule has 1 atom stereocenters. The number of nitrogens with one attached hydrogen (secondary N) is 2. The maximum atomic E-state index is 13.7. The van der Waals surface area contributed by atoms with Crippen LogP contribution >= 0.6 is 0 Å². The third-order valence-electron chi connectivity index (χ3n) is 4.54. The number of hydrogen-bond acceptors (Lipinski definition) is 5. The lowest BCUT2D eigenvalue weighted by atomic mass is 9.83. The summed E-state index contributed by atoms with van der Waals surface area (Å²) in [6.07, 6.45) is 2.22. The maximum absolute atomic E-state index is 13.7. The van der Waals surface area contributed by atoms with Crippen LogP contribution in [0.5, 0.6) is 5.75 Å². The van der Waals surface area contributed by atoms with Crippen LogP contribution in [-0.2, 0) is 14.8 Å². The van der Waals surface area contributed by atoms with Crippen LogP contribution in [0.4, 0.5) is 10.2 Å². The van der Waals surface area contributed by atoms with Crippen molar-refractivity contribution in [2.45, 2.75) is 45.1 Å². The van der Waals surface area contributed by atoms with E-state index in [1.54, 1.807) is 6.07 Å². The predicted molar refractivity (Wildman–Crippen MR) is 102 cm³/mol. The molecule has 1 aliphatic rings. The standard InChI is InChI=1S/C18H23FN4O4S/c1-12(24)23(17-6-8-20-21-17)22-28(25,26)9-7-13-11-18(2,3)27-16-5-4-14(19)10-15(13)16/h4-6,8,10,13,22H,7,9,11H2,1-3H3,(H,20,21). The Morgan fingerprint density at radius 3 is 2.82 bits per heavy atom. The number of aromatic nitrogens is 2. The monoisotopic (exact) mass is 410 g/mol. The van der Waals surface area contributed by atoms with E-state index >= 15 is 0 Å². The number of nitrogens with zero attached hydrogens (tertiary/aromatic N) is 2. The lowest BCUT2D eigenvalue weighted by molar-refractivity contribution is -0.116. The topological polar surface area (TPSA) is 104 Å². The van der Waals surface area contributed by atoms with Crippen molar-refractivity contribution < 1.29 is 22.3 Å². The third kappa shape index (κ3) is 4.68. The SMILES string of the molecule is CC(=O)N(NS(=O)(=O)CCC1CC(C)(C)Oc2ccc(F)cc21)c1ccn[nH]1. The fourth-order valence-corrected chi connectivity index (χ4v) is 4.56. The van der Waals surface area contributed by atoms with Crippen LogP contribution in [0, 0.1) is 5.82 Å². The number of carbonyl (C=O) groups is 1. The van der Waals surface area contributed by atoms with Gasteiger partial charge in [-0.15, -0.1) is 4.83 Å². The Kier molecular flexibility index (Phi) is 5.44. The molecule has 1 unspecified atom stereocenters. The van der Waals surface area contributed by atoms with E-state index in [0.717, 1.165) is 5.01 Å². The summed E-state index contributed by atoms with van der Waals surface area (Å²) in [5.74, 6) is -0.542. The van der Waals surface area contributed by atoms with E-state index < -0.39 is 27.3 Å². The van der Waals surface area contributed by atoms with Crippen LogP contribution in [0.2, 0.25) is 0 Å². The lowest BCUT2D eigenvalue weighted by Gasteiger charge is -2.37. The van der Waals surface area contributed by atoms with Crippen molar-refractivity contribution in [1.82, 2.24) is 15.0 Å². The normalized spacial score (nSPS) is 18.2. The van der Waals surface area contributed by atoms with Gasteiger partial charge in [0.1, 0.15) is 23.0 Å². The Bertz CT molecular complexity index is 960. The number of rotatable bonds is 6. The number of ether oxygens (including phenoxy) is 1. The third-order valence-corrected chi connectivity index (χ3v) is 5.78. The molecule has 2 heterocycles. The lowest BCUT2D eigenvalue weighted by Crippen LogP contribution is -2.46. The summed E-state index contributed by atoms with van der Waals surface area (Å²) in [5, 5.41) is 7.16. The van der Waals surface area contributed by atoms with Crippen molar-refractivity contribution in [2.24, 2.45) is 0 Å². The van der Waals surface area contributed by atoms with E-state index in [1.807, 2.05) is 13.8 Å². The molecular weight excluding hydrogens is 387 g/mol. The van der Waals surface area contributed by atoms with Crippen LogP contribution in [-0.4, -0.2) is 35.9 Å². The molecule has 28 heavy (non-hydrogen) atoms. The predicted octanol–water partition coefficient (Wildman–Crippen LogP) is 2.47. The molecule has 0 aliphatic carbocycles.